The van der Waals surface area contributed by atoms with Crippen molar-refractivity contribution in [1.29, 1.82) is 5.41 Å². The third-order valence-corrected chi connectivity index (χ3v) is 3.60. The van der Waals surface area contributed by atoms with Gasteiger partial charge < -0.3 is 20.4 Å². The number of nitrogens with zero attached hydrogens (tertiary/aromatic N) is 2. The SMILES string of the molecule is COc1cccc2[nH]c(C(=O)N(CCCN(C)C)C(=N)N)cc12. The van der Waals surface area contributed by atoms with Crippen LogP contribution in [0.15, 0.2) is 24.3 Å². The quantitative estimate of drug-likeness (QED) is 0.555. The molecule has 0 spiro atoms. The summed E-state index contributed by atoms with van der Waals surface area (Å²) in [4.78, 5) is 19.0. The lowest BCUT2D eigenvalue weighted by molar-refractivity contribution is 0.0837. The van der Waals surface area contributed by atoms with Crippen LogP contribution in [0.25, 0.3) is 10.9 Å². The maximum atomic E-state index is 12.7. The van der Waals surface area contributed by atoms with E-state index in [0.717, 1.165) is 23.9 Å². The van der Waals surface area contributed by atoms with Crippen LogP contribution in [0.2, 0.25) is 0 Å². The number of benzene rings is 1. The number of carbonyl (C=O) groups is 1. The molecule has 4 N–H and O–H groups in total. The van der Waals surface area contributed by atoms with Gasteiger partial charge in [-0.2, -0.15) is 0 Å². The topological polar surface area (TPSA) is 98.4 Å². The van der Waals surface area contributed by atoms with Gasteiger partial charge in [-0.1, -0.05) is 6.07 Å². The van der Waals surface area contributed by atoms with Crippen LogP contribution < -0.4 is 10.5 Å². The molecule has 1 aromatic heterocycles. The third kappa shape index (κ3) is 3.81. The number of guanidine groups is 1. The number of rotatable bonds is 6. The molecule has 1 aromatic carbocycles. The fourth-order valence-electron chi connectivity index (χ4n) is 2.44. The number of hydrogen-bond acceptors (Lipinski definition) is 4. The Balaban J connectivity index is 2.24. The van der Waals surface area contributed by atoms with E-state index in [2.05, 4.69) is 4.98 Å². The van der Waals surface area contributed by atoms with Crippen LogP contribution in [0.3, 0.4) is 0 Å². The number of nitrogens with two attached hydrogens (primary N) is 1. The molecule has 124 valence electrons. The first-order valence-corrected chi connectivity index (χ1v) is 7.40. The average molecular weight is 317 g/mol. The first kappa shape index (κ1) is 16.8. The molecule has 2 rings (SSSR count). The van der Waals surface area contributed by atoms with Gasteiger partial charge >= 0.3 is 0 Å². The minimum absolute atomic E-state index is 0.251. The molecule has 1 heterocycles. The van der Waals surface area contributed by atoms with Gasteiger partial charge in [0.05, 0.1) is 7.11 Å². The molecule has 2 aromatic rings. The average Bonchev–Trinajstić information content (AvgIpc) is 2.94. The van der Waals surface area contributed by atoms with Gasteiger partial charge in [0.15, 0.2) is 5.96 Å². The Hall–Kier alpha value is -2.54. The van der Waals surface area contributed by atoms with Gasteiger partial charge in [-0.25, -0.2) is 0 Å². The van der Waals surface area contributed by atoms with Crippen molar-refractivity contribution in [2.45, 2.75) is 6.42 Å². The molecule has 23 heavy (non-hydrogen) atoms. The number of hydrogen-bond donors (Lipinski definition) is 3. The fourth-order valence-corrected chi connectivity index (χ4v) is 2.44. The predicted molar refractivity (Wildman–Crippen MR) is 91.0 cm³/mol. The Kier molecular flexibility index (Phi) is 5.23. The molecule has 0 fully saturated rings. The zero-order chi connectivity index (χ0) is 17.0. The highest BCUT2D eigenvalue weighted by Crippen LogP contribution is 2.26. The number of methoxy groups -OCH3 is 1. The highest BCUT2D eigenvalue weighted by Gasteiger charge is 2.20. The summed E-state index contributed by atoms with van der Waals surface area (Å²) in [5.41, 5.74) is 6.78. The lowest BCUT2D eigenvalue weighted by atomic mass is 10.2. The Labute approximate surface area is 135 Å². The van der Waals surface area contributed by atoms with Crippen molar-refractivity contribution in [3.05, 3.63) is 30.0 Å². The second kappa shape index (κ2) is 7.15. The van der Waals surface area contributed by atoms with Gasteiger partial charge in [0, 0.05) is 17.4 Å². The van der Waals surface area contributed by atoms with Crippen molar-refractivity contribution >= 4 is 22.8 Å². The second-order valence-corrected chi connectivity index (χ2v) is 5.60. The van der Waals surface area contributed by atoms with E-state index in [9.17, 15) is 4.79 Å². The second-order valence-electron chi connectivity index (χ2n) is 5.60. The van der Waals surface area contributed by atoms with Gasteiger partial charge in [-0.3, -0.25) is 15.1 Å². The van der Waals surface area contributed by atoms with Crippen molar-refractivity contribution < 1.29 is 9.53 Å². The van der Waals surface area contributed by atoms with E-state index in [1.54, 1.807) is 13.2 Å². The Morgan fingerprint density at radius 2 is 2.09 bits per heavy atom. The number of aromatic amines is 1. The predicted octanol–water partition coefficient (Wildman–Crippen LogP) is 1.46. The van der Waals surface area contributed by atoms with Gasteiger partial charge in [0.2, 0.25) is 0 Å². The largest absolute Gasteiger partial charge is 0.496 e. The lowest BCUT2D eigenvalue weighted by Crippen LogP contribution is -2.42. The molecule has 0 aliphatic rings. The van der Waals surface area contributed by atoms with Gasteiger partial charge in [-0.05, 0) is 45.3 Å². The molecule has 1 amide bonds. The molecule has 0 radical (unpaired) electrons. The molecule has 7 nitrogen and oxygen atoms in total. The molecule has 0 saturated carbocycles. The maximum Gasteiger partial charge on any atom is 0.277 e. The molecule has 0 bridgehead atoms. The van der Waals surface area contributed by atoms with Crippen LogP contribution >= 0.6 is 0 Å². The van der Waals surface area contributed by atoms with Gasteiger partial charge in [0.1, 0.15) is 11.4 Å². The van der Waals surface area contributed by atoms with Crippen LogP contribution in [0.1, 0.15) is 16.9 Å². The Morgan fingerprint density at radius 1 is 1.35 bits per heavy atom. The molecule has 0 saturated heterocycles. The van der Waals surface area contributed by atoms with E-state index in [-0.39, 0.29) is 11.9 Å². The van der Waals surface area contributed by atoms with Crippen LogP contribution in [0.4, 0.5) is 0 Å². The minimum Gasteiger partial charge on any atom is -0.496 e. The van der Waals surface area contributed by atoms with Crippen molar-refractivity contribution in [3.63, 3.8) is 0 Å². The van der Waals surface area contributed by atoms with Crippen molar-refractivity contribution in [3.8, 4) is 5.75 Å². The monoisotopic (exact) mass is 317 g/mol. The number of aromatic nitrogens is 1. The summed E-state index contributed by atoms with van der Waals surface area (Å²) in [6.45, 7) is 1.22. The number of H-pyrrole nitrogens is 1. The molecular weight excluding hydrogens is 294 g/mol. The fraction of sp³-hybridized carbons (Fsp3) is 0.375. The standard InChI is InChI=1S/C16H23N5O2/c1-20(2)8-5-9-21(16(17)18)15(22)13-10-11-12(19-13)6-4-7-14(11)23-3/h4,6-7,10,19H,5,8-9H2,1-3H3,(H3,17,18). The lowest BCUT2D eigenvalue weighted by Gasteiger charge is -2.21. The normalized spacial score (nSPS) is 11.0. The Morgan fingerprint density at radius 3 is 2.70 bits per heavy atom. The van der Waals surface area contributed by atoms with Crippen molar-refractivity contribution in [2.75, 3.05) is 34.3 Å². The molecule has 7 heteroatoms. The smallest absolute Gasteiger partial charge is 0.277 e. The number of nitrogens with one attached hydrogen (secondary N) is 2. The van der Waals surface area contributed by atoms with E-state index >= 15 is 0 Å². The van der Waals surface area contributed by atoms with Crippen LogP contribution in [0, 0.1) is 5.41 Å². The highest BCUT2D eigenvalue weighted by atomic mass is 16.5. The van der Waals surface area contributed by atoms with E-state index < -0.39 is 0 Å². The maximum absolute atomic E-state index is 12.7. The first-order valence-electron chi connectivity index (χ1n) is 7.40. The van der Waals surface area contributed by atoms with Crippen molar-refractivity contribution in [1.82, 2.24) is 14.8 Å². The first-order chi connectivity index (χ1) is 10.9. The summed E-state index contributed by atoms with van der Waals surface area (Å²) < 4.78 is 5.30. The zero-order valence-corrected chi connectivity index (χ0v) is 13.7. The summed E-state index contributed by atoms with van der Waals surface area (Å²) in [5.74, 6) is 0.133. The van der Waals surface area contributed by atoms with Gasteiger partial charge in [-0.15, -0.1) is 0 Å². The summed E-state index contributed by atoms with van der Waals surface area (Å²) in [5, 5.41) is 8.49. The van der Waals surface area contributed by atoms with Crippen molar-refractivity contribution in [2.24, 2.45) is 5.73 Å². The van der Waals surface area contributed by atoms with E-state index in [0.29, 0.717) is 18.0 Å². The number of amides is 1. The zero-order valence-electron chi connectivity index (χ0n) is 13.7. The van der Waals surface area contributed by atoms with Gasteiger partial charge in [0.25, 0.3) is 5.91 Å². The summed E-state index contributed by atoms with van der Waals surface area (Å²) in [6.07, 6.45) is 0.738. The molecule has 0 atom stereocenters. The summed E-state index contributed by atoms with van der Waals surface area (Å²) in [6, 6.07) is 7.30. The van der Waals surface area contributed by atoms with Crippen LogP contribution in [0.5, 0.6) is 5.75 Å². The molecule has 0 unspecified atom stereocenters. The van der Waals surface area contributed by atoms with E-state index in [1.165, 1.54) is 4.90 Å². The minimum atomic E-state index is -0.311. The van der Waals surface area contributed by atoms with E-state index in [1.807, 2.05) is 37.2 Å². The van der Waals surface area contributed by atoms with Crippen LogP contribution in [-0.4, -0.2) is 60.9 Å². The number of carbonyl (C=O) groups excluding carboxylic acids is 1. The molecule has 0 aliphatic heterocycles. The molecule has 0 aliphatic carbocycles. The van der Waals surface area contributed by atoms with Crippen LogP contribution in [-0.2, 0) is 0 Å². The number of ether oxygens (including phenoxy) is 1. The number of fused-ring (bicyclic) bond motifs is 1. The third-order valence-electron chi connectivity index (χ3n) is 3.60. The Bertz CT molecular complexity index is 708. The van der Waals surface area contributed by atoms with E-state index in [4.69, 9.17) is 15.9 Å². The molecular formula is C16H23N5O2. The summed E-state index contributed by atoms with van der Waals surface area (Å²) >= 11 is 0. The highest BCUT2D eigenvalue weighted by molar-refractivity contribution is 6.06. The summed E-state index contributed by atoms with van der Waals surface area (Å²) in [7, 11) is 5.51.